The zero-order chi connectivity index (χ0) is 14.2. The zero-order valence-electron chi connectivity index (χ0n) is 10.9. The third kappa shape index (κ3) is 2.40. The van der Waals surface area contributed by atoms with E-state index < -0.39 is 11.8 Å². The van der Waals surface area contributed by atoms with Crippen molar-refractivity contribution in [1.82, 2.24) is 9.97 Å². The number of hydrogen-bond donors (Lipinski definition) is 2. The van der Waals surface area contributed by atoms with Crippen LogP contribution in [0.3, 0.4) is 0 Å². The molecule has 2 aromatic rings. The third-order valence-electron chi connectivity index (χ3n) is 3.11. The third-order valence-corrected chi connectivity index (χ3v) is 3.11. The first kappa shape index (κ1) is 13.0. The molecule has 0 saturated carbocycles. The lowest BCUT2D eigenvalue weighted by Gasteiger charge is -2.07. The summed E-state index contributed by atoms with van der Waals surface area (Å²) in [6.45, 7) is 5.96. The van der Waals surface area contributed by atoms with Gasteiger partial charge >= 0.3 is 5.97 Å². The van der Waals surface area contributed by atoms with Crippen LogP contribution in [0.5, 0.6) is 0 Å². The Labute approximate surface area is 110 Å². The minimum absolute atomic E-state index is 0.0138. The van der Waals surface area contributed by atoms with Gasteiger partial charge in [0.25, 0.3) is 5.78 Å². The molecule has 1 aromatic heterocycles. The number of ketones is 1. The molecule has 5 heteroatoms. The van der Waals surface area contributed by atoms with E-state index in [2.05, 4.69) is 9.97 Å². The van der Waals surface area contributed by atoms with Crippen molar-refractivity contribution < 1.29 is 14.7 Å². The molecule has 0 atom stereocenters. The quantitative estimate of drug-likeness (QED) is 0.653. The number of carbonyl (C=O) groups excluding carboxylic acids is 1. The van der Waals surface area contributed by atoms with Crippen molar-refractivity contribution in [3.05, 3.63) is 40.7 Å². The highest BCUT2D eigenvalue weighted by Gasteiger charge is 2.18. The lowest BCUT2D eigenvalue weighted by Crippen LogP contribution is -2.12. The number of aromatic amines is 1. The highest BCUT2D eigenvalue weighted by Crippen LogP contribution is 2.24. The summed E-state index contributed by atoms with van der Waals surface area (Å²) < 4.78 is 0. The van der Waals surface area contributed by atoms with E-state index in [1.165, 1.54) is 11.8 Å². The van der Waals surface area contributed by atoms with Crippen molar-refractivity contribution in [3.8, 4) is 11.4 Å². The normalized spacial score (nSPS) is 10.5. The van der Waals surface area contributed by atoms with E-state index in [0.717, 1.165) is 16.7 Å². The lowest BCUT2D eigenvalue weighted by molar-refractivity contribution is -0.131. The van der Waals surface area contributed by atoms with Crippen LogP contribution in [0.25, 0.3) is 11.4 Å². The number of nitrogens with zero attached hydrogens (tertiary/aromatic N) is 1. The standard InChI is InChI=1S/C14H14N2O3/c1-7-4-9(3)10(5-8(7)2)13-15-6-11(16-13)12(17)14(18)19/h4-6H,1-3H3,(H,15,16)(H,18,19). The second kappa shape index (κ2) is 4.68. The molecule has 0 fully saturated rings. The number of nitrogens with one attached hydrogen (secondary N) is 1. The number of hydrogen-bond acceptors (Lipinski definition) is 3. The molecule has 0 bridgehead atoms. The molecule has 0 unspecified atom stereocenters. The van der Waals surface area contributed by atoms with Crippen LogP contribution in [-0.4, -0.2) is 26.8 Å². The number of rotatable bonds is 3. The Morgan fingerprint density at radius 1 is 1.11 bits per heavy atom. The summed E-state index contributed by atoms with van der Waals surface area (Å²) >= 11 is 0. The molecule has 5 nitrogen and oxygen atoms in total. The Bertz CT molecular complexity index is 671. The summed E-state index contributed by atoms with van der Waals surface area (Å²) in [7, 11) is 0. The minimum Gasteiger partial charge on any atom is -0.475 e. The number of benzene rings is 1. The largest absolute Gasteiger partial charge is 0.475 e. The maximum Gasteiger partial charge on any atom is 0.378 e. The molecule has 19 heavy (non-hydrogen) atoms. The first-order chi connectivity index (χ1) is 8.90. The Balaban J connectivity index is 2.46. The van der Waals surface area contributed by atoms with Gasteiger partial charge in [0.05, 0.1) is 6.20 Å². The van der Waals surface area contributed by atoms with Gasteiger partial charge in [0.2, 0.25) is 0 Å². The second-order valence-corrected chi connectivity index (χ2v) is 4.53. The smallest absolute Gasteiger partial charge is 0.378 e. The molecular weight excluding hydrogens is 244 g/mol. The fourth-order valence-electron chi connectivity index (χ4n) is 1.90. The highest BCUT2D eigenvalue weighted by atomic mass is 16.4. The Morgan fingerprint density at radius 2 is 1.74 bits per heavy atom. The number of carbonyl (C=O) groups is 2. The van der Waals surface area contributed by atoms with Gasteiger partial charge in [0, 0.05) is 5.56 Å². The van der Waals surface area contributed by atoms with Crippen molar-refractivity contribution in [2.75, 3.05) is 0 Å². The van der Waals surface area contributed by atoms with Crippen LogP contribution < -0.4 is 0 Å². The first-order valence-corrected chi connectivity index (χ1v) is 5.81. The number of imidazole rings is 1. The van der Waals surface area contributed by atoms with Gasteiger partial charge in [-0.25, -0.2) is 9.78 Å². The van der Waals surface area contributed by atoms with E-state index in [1.54, 1.807) is 0 Å². The van der Waals surface area contributed by atoms with Crippen LogP contribution in [-0.2, 0) is 4.79 Å². The zero-order valence-corrected chi connectivity index (χ0v) is 10.9. The average Bonchev–Trinajstić information content (AvgIpc) is 2.81. The topological polar surface area (TPSA) is 83.1 Å². The average molecular weight is 258 g/mol. The number of aromatic nitrogens is 2. The van der Waals surface area contributed by atoms with Crippen molar-refractivity contribution in [1.29, 1.82) is 0 Å². The number of Topliss-reactive ketones (excluding diaryl/α,β-unsaturated/α-hetero) is 1. The van der Waals surface area contributed by atoms with E-state index in [1.807, 2.05) is 32.9 Å². The first-order valence-electron chi connectivity index (χ1n) is 5.81. The number of aryl methyl sites for hydroxylation is 3. The molecular formula is C14H14N2O3. The van der Waals surface area contributed by atoms with Crippen LogP contribution in [0.1, 0.15) is 27.2 Å². The second-order valence-electron chi connectivity index (χ2n) is 4.53. The van der Waals surface area contributed by atoms with Crippen LogP contribution in [0.4, 0.5) is 0 Å². The van der Waals surface area contributed by atoms with Crippen LogP contribution >= 0.6 is 0 Å². The van der Waals surface area contributed by atoms with Crippen molar-refractivity contribution in [2.45, 2.75) is 20.8 Å². The van der Waals surface area contributed by atoms with Crippen molar-refractivity contribution >= 4 is 11.8 Å². The number of H-pyrrole nitrogens is 1. The van der Waals surface area contributed by atoms with Gasteiger partial charge < -0.3 is 10.1 Å². The fraction of sp³-hybridized carbons (Fsp3) is 0.214. The minimum atomic E-state index is -1.49. The monoisotopic (exact) mass is 258 g/mol. The number of carboxylic acids is 1. The van der Waals surface area contributed by atoms with E-state index in [9.17, 15) is 9.59 Å². The van der Waals surface area contributed by atoms with E-state index in [4.69, 9.17) is 5.11 Å². The number of aliphatic carboxylic acids is 1. The molecule has 0 aliphatic heterocycles. The molecule has 1 heterocycles. The predicted octanol–water partition coefficient (Wildman–Crippen LogP) is 2.27. The fourth-order valence-corrected chi connectivity index (χ4v) is 1.90. The summed E-state index contributed by atoms with van der Waals surface area (Å²) in [6, 6.07) is 4.00. The molecule has 0 aliphatic carbocycles. The summed E-state index contributed by atoms with van der Waals surface area (Å²) in [5, 5.41) is 8.65. The molecule has 0 saturated heterocycles. The van der Waals surface area contributed by atoms with Gasteiger partial charge in [-0.1, -0.05) is 6.07 Å². The van der Waals surface area contributed by atoms with Gasteiger partial charge in [0.15, 0.2) is 0 Å². The Morgan fingerprint density at radius 3 is 2.37 bits per heavy atom. The van der Waals surface area contributed by atoms with Crippen LogP contribution in [0.15, 0.2) is 18.3 Å². The van der Waals surface area contributed by atoms with Gasteiger partial charge in [-0.05, 0) is 43.5 Å². The molecule has 0 radical (unpaired) electrons. The molecule has 1 aromatic carbocycles. The Kier molecular flexibility index (Phi) is 3.21. The molecule has 2 N–H and O–H groups in total. The predicted molar refractivity (Wildman–Crippen MR) is 70.2 cm³/mol. The molecule has 2 rings (SSSR count). The maximum atomic E-state index is 11.3. The van der Waals surface area contributed by atoms with Gasteiger partial charge in [0.1, 0.15) is 11.5 Å². The van der Waals surface area contributed by atoms with Gasteiger partial charge in [-0.3, -0.25) is 4.79 Å². The maximum absolute atomic E-state index is 11.3. The van der Waals surface area contributed by atoms with E-state index >= 15 is 0 Å². The van der Waals surface area contributed by atoms with Gasteiger partial charge in [-0.15, -0.1) is 0 Å². The summed E-state index contributed by atoms with van der Waals surface area (Å²) in [4.78, 5) is 28.8. The highest BCUT2D eigenvalue weighted by molar-refractivity contribution is 6.39. The molecule has 0 amide bonds. The lowest BCUT2D eigenvalue weighted by atomic mass is 10.0. The molecule has 0 aliphatic rings. The van der Waals surface area contributed by atoms with E-state index in [-0.39, 0.29) is 5.69 Å². The van der Waals surface area contributed by atoms with Crippen molar-refractivity contribution in [2.24, 2.45) is 0 Å². The molecule has 98 valence electrons. The van der Waals surface area contributed by atoms with E-state index in [0.29, 0.717) is 5.82 Å². The van der Waals surface area contributed by atoms with Crippen molar-refractivity contribution in [3.63, 3.8) is 0 Å². The number of carboxylic acid groups (broad SMARTS) is 1. The van der Waals surface area contributed by atoms with Crippen LogP contribution in [0.2, 0.25) is 0 Å². The van der Waals surface area contributed by atoms with Crippen LogP contribution in [0, 0.1) is 20.8 Å². The summed E-state index contributed by atoms with van der Waals surface area (Å²) in [6.07, 6.45) is 1.25. The summed E-state index contributed by atoms with van der Waals surface area (Å²) in [5.41, 5.74) is 4.16. The summed E-state index contributed by atoms with van der Waals surface area (Å²) in [5.74, 6) is -1.97. The molecule has 0 spiro atoms. The Hall–Kier alpha value is -2.43. The van der Waals surface area contributed by atoms with Gasteiger partial charge in [-0.2, -0.15) is 0 Å². The SMILES string of the molecule is Cc1cc(C)c(-c2ncc(C(=O)C(=O)O)[nH]2)cc1C.